The number of hydrogen-bond acceptors (Lipinski definition) is 3. The molecule has 0 saturated heterocycles. The van der Waals surface area contributed by atoms with Gasteiger partial charge in [-0.05, 0) is 43.2 Å². The molecule has 0 aliphatic heterocycles. The van der Waals surface area contributed by atoms with Crippen LogP contribution < -0.4 is 10.6 Å². The Balaban J connectivity index is 1.59. The lowest BCUT2D eigenvalue weighted by Crippen LogP contribution is -2.42. The van der Waals surface area contributed by atoms with Crippen molar-refractivity contribution in [3.63, 3.8) is 0 Å². The highest BCUT2D eigenvalue weighted by molar-refractivity contribution is 5.97. The Kier molecular flexibility index (Phi) is 9.36. The lowest BCUT2D eigenvalue weighted by Gasteiger charge is -2.25. The highest BCUT2D eigenvalue weighted by Gasteiger charge is 2.37. The molecular formula is C31H29F6N5O2. The maximum atomic E-state index is 13.3. The van der Waals surface area contributed by atoms with E-state index in [0.29, 0.717) is 23.5 Å². The monoisotopic (exact) mass is 617 g/mol. The number of carbonyl (C=O) groups excluding carboxylic acids is 2. The molecule has 3 amide bonds. The van der Waals surface area contributed by atoms with Crippen LogP contribution in [0.2, 0.25) is 0 Å². The molecule has 0 aliphatic carbocycles. The molecular weight excluding hydrogens is 588 g/mol. The van der Waals surface area contributed by atoms with Crippen LogP contribution in [-0.2, 0) is 17.1 Å². The van der Waals surface area contributed by atoms with Gasteiger partial charge in [-0.2, -0.15) is 31.4 Å². The second-order valence-electron chi connectivity index (χ2n) is 10.6. The van der Waals surface area contributed by atoms with Crippen LogP contribution in [0.25, 0.3) is 16.9 Å². The zero-order chi connectivity index (χ0) is 32.2. The van der Waals surface area contributed by atoms with E-state index in [1.54, 1.807) is 19.9 Å². The second kappa shape index (κ2) is 12.8. The Morgan fingerprint density at radius 3 is 1.98 bits per heavy atom. The minimum Gasteiger partial charge on any atom is -0.315 e. The van der Waals surface area contributed by atoms with Gasteiger partial charge in [0.15, 0.2) is 0 Å². The molecule has 44 heavy (non-hydrogen) atoms. The molecule has 0 bridgehead atoms. The van der Waals surface area contributed by atoms with E-state index >= 15 is 0 Å². The molecule has 0 fully saturated rings. The Bertz CT molecular complexity index is 1580. The summed E-state index contributed by atoms with van der Waals surface area (Å²) in [5, 5.41) is 9.47. The first-order valence-corrected chi connectivity index (χ1v) is 13.5. The minimum absolute atomic E-state index is 0.0170. The van der Waals surface area contributed by atoms with E-state index in [0.717, 1.165) is 16.0 Å². The summed E-state index contributed by atoms with van der Waals surface area (Å²) in [6.45, 7) is 4.83. The molecule has 2 N–H and O–H groups in total. The predicted octanol–water partition coefficient (Wildman–Crippen LogP) is 8.01. The largest absolute Gasteiger partial charge is 0.416 e. The maximum Gasteiger partial charge on any atom is 0.416 e. The third-order valence-electron chi connectivity index (χ3n) is 6.37. The summed E-state index contributed by atoms with van der Waals surface area (Å²) in [4.78, 5) is 27.4. The normalized spacial score (nSPS) is 11.9. The van der Waals surface area contributed by atoms with Crippen molar-refractivity contribution in [2.75, 3.05) is 23.7 Å². The number of anilines is 2. The average Bonchev–Trinajstić information content (AvgIpc) is 3.35. The highest BCUT2D eigenvalue weighted by Crippen LogP contribution is 2.37. The molecule has 0 unspecified atom stereocenters. The van der Waals surface area contributed by atoms with Crippen LogP contribution >= 0.6 is 0 Å². The Morgan fingerprint density at radius 2 is 1.43 bits per heavy atom. The van der Waals surface area contributed by atoms with E-state index in [4.69, 9.17) is 0 Å². The lowest BCUT2D eigenvalue weighted by molar-refractivity contribution is -0.143. The van der Waals surface area contributed by atoms with Gasteiger partial charge in [0, 0.05) is 23.9 Å². The quantitative estimate of drug-likeness (QED) is 0.197. The van der Waals surface area contributed by atoms with E-state index in [9.17, 15) is 35.9 Å². The van der Waals surface area contributed by atoms with Crippen molar-refractivity contribution >= 4 is 23.4 Å². The third-order valence-corrected chi connectivity index (χ3v) is 6.37. The fraction of sp³-hybridized carbons (Fsp3) is 0.258. The van der Waals surface area contributed by atoms with Crippen molar-refractivity contribution in [3.05, 3.63) is 95.6 Å². The van der Waals surface area contributed by atoms with Gasteiger partial charge in [-0.15, -0.1) is 0 Å². The van der Waals surface area contributed by atoms with Crippen LogP contribution in [0.1, 0.15) is 30.5 Å². The molecule has 1 heterocycles. The molecule has 0 atom stereocenters. The second-order valence-corrected chi connectivity index (χ2v) is 10.6. The zero-order valence-electron chi connectivity index (χ0n) is 23.9. The molecule has 1 aromatic heterocycles. The molecule has 232 valence electrons. The number of nitrogens with one attached hydrogen (secondary N) is 2. The maximum absolute atomic E-state index is 13.3. The summed E-state index contributed by atoms with van der Waals surface area (Å²) in [5.41, 5.74) is -0.861. The zero-order valence-corrected chi connectivity index (χ0v) is 23.9. The van der Waals surface area contributed by atoms with Crippen molar-refractivity contribution in [2.45, 2.75) is 33.1 Å². The number of nitrogens with zero attached hydrogens (tertiary/aromatic N) is 3. The Labute approximate surface area is 249 Å². The van der Waals surface area contributed by atoms with Crippen molar-refractivity contribution in [1.29, 1.82) is 0 Å². The number of halogens is 6. The fourth-order valence-electron chi connectivity index (χ4n) is 4.35. The van der Waals surface area contributed by atoms with Crippen LogP contribution in [0.15, 0.2) is 78.9 Å². The van der Waals surface area contributed by atoms with Crippen LogP contribution in [0.4, 0.5) is 42.6 Å². The fourth-order valence-corrected chi connectivity index (χ4v) is 4.35. The van der Waals surface area contributed by atoms with Crippen LogP contribution in [-0.4, -0.2) is 39.7 Å². The predicted molar refractivity (Wildman–Crippen MR) is 154 cm³/mol. The summed E-state index contributed by atoms with van der Waals surface area (Å²) in [6, 6.07) is 18.0. The SMILES string of the molecule is Cc1ccc(-n2nc(-c3ccccc3)cc2NC(=O)CN(CC(C)C)C(=O)Nc2cc(C(F)(F)F)cc(C(F)(F)F)c2)cc1. The summed E-state index contributed by atoms with van der Waals surface area (Å²) in [5.74, 6) is -0.562. The molecule has 0 saturated carbocycles. The van der Waals surface area contributed by atoms with E-state index in [2.05, 4.69) is 15.7 Å². The number of alkyl halides is 6. The molecule has 4 aromatic rings. The van der Waals surface area contributed by atoms with E-state index in [1.165, 1.54) is 4.68 Å². The Hall–Kier alpha value is -4.81. The first-order chi connectivity index (χ1) is 20.6. The molecule has 0 radical (unpaired) electrons. The summed E-state index contributed by atoms with van der Waals surface area (Å²) >= 11 is 0. The number of urea groups is 1. The number of benzene rings is 3. The topological polar surface area (TPSA) is 79.3 Å². The lowest BCUT2D eigenvalue weighted by atomic mass is 10.1. The number of aromatic nitrogens is 2. The van der Waals surface area contributed by atoms with Crippen molar-refractivity contribution < 1.29 is 35.9 Å². The number of amides is 3. The van der Waals surface area contributed by atoms with E-state index < -0.39 is 47.6 Å². The number of carbonyl (C=O) groups is 2. The van der Waals surface area contributed by atoms with Crippen molar-refractivity contribution in [1.82, 2.24) is 14.7 Å². The van der Waals surface area contributed by atoms with Crippen molar-refractivity contribution in [3.8, 4) is 16.9 Å². The first kappa shape index (κ1) is 32.1. The molecule has 3 aromatic carbocycles. The van der Waals surface area contributed by atoms with Gasteiger partial charge in [-0.1, -0.05) is 61.9 Å². The molecule has 0 aliphatic rings. The van der Waals surface area contributed by atoms with E-state index in [-0.39, 0.29) is 24.3 Å². The van der Waals surface area contributed by atoms with Gasteiger partial charge >= 0.3 is 18.4 Å². The Morgan fingerprint density at radius 1 is 0.841 bits per heavy atom. The third kappa shape index (κ3) is 8.17. The summed E-state index contributed by atoms with van der Waals surface area (Å²) < 4.78 is 81.4. The van der Waals surface area contributed by atoms with Gasteiger partial charge in [-0.25, -0.2) is 9.48 Å². The first-order valence-electron chi connectivity index (χ1n) is 13.5. The van der Waals surface area contributed by atoms with E-state index in [1.807, 2.05) is 61.5 Å². The number of rotatable bonds is 8. The minimum atomic E-state index is -5.09. The molecule has 13 heteroatoms. The van der Waals surface area contributed by atoms with Crippen molar-refractivity contribution in [2.24, 2.45) is 5.92 Å². The van der Waals surface area contributed by atoms with Gasteiger partial charge in [0.1, 0.15) is 12.4 Å². The summed E-state index contributed by atoms with van der Waals surface area (Å²) in [6.07, 6.45) is -10.2. The molecule has 4 rings (SSSR count). The number of hydrogen-bond donors (Lipinski definition) is 2. The number of aryl methyl sites for hydroxylation is 1. The van der Waals surface area contributed by atoms with Gasteiger partial charge in [0.25, 0.3) is 0 Å². The van der Waals surface area contributed by atoms with Crippen LogP contribution in [0.3, 0.4) is 0 Å². The van der Waals surface area contributed by atoms with Crippen LogP contribution in [0, 0.1) is 12.8 Å². The van der Waals surface area contributed by atoms with Crippen LogP contribution in [0.5, 0.6) is 0 Å². The highest BCUT2D eigenvalue weighted by atomic mass is 19.4. The standard InChI is InChI=1S/C31H29F6N5O2/c1-19(2)17-41(29(44)38-24-14-22(30(32,33)34)13-23(15-24)31(35,36)37)18-28(43)39-27-16-26(21-7-5-4-6-8-21)40-42(27)25-11-9-20(3)10-12-25/h4-16,19H,17-18H2,1-3H3,(H,38,44)(H,39,43). The molecule has 7 nitrogen and oxygen atoms in total. The average molecular weight is 618 g/mol. The van der Waals surface area contributed by atoms with Gasteiger partial charge in [0.05, 0.1) is 22.5 Å². The van der Waals surface area contributed by atoms with Gasteiger partial charge in [0.2, 0.25) is 5.91 Å². The summed E-state index contributed by atoms with van der Waals surface area (Å²) in [7, 11) is 0. The molecule has 0 spiro atoms. The smallest absolute Gasteiger partial charge is 0.315 e. The van der Waals surface area contributed by atoms with Gasteiger partial charge < -0.3 is 15.5 Å². The van der Waals surface area contributed by atoms with Gasteiger partial charge in [-0.3, -0.25) is 4.79 Å².